The van der Waals surface area contributed by atoms with Gasteiger partial charge in [0, 0.05) is 39.7 Å². The molecule has 2 aromatic heterocycles. The molecule has 0 bridgehead atoms. The standard InChI is InChI=1S/C28H21FN4O2S/c1-2-21(27(34)32-28-30-11-12-36-28)26-22-6-4-3-5-17(22)16-35-25-14-24-18(13-23(25)26)15-31-33(24)20-9-7-19(29)8-10-20/h3-15H,2,16H2,1H3,(H,30,32,34). The van der Waals surface area contributed by atoms with E-state index in [1.54, 1.807) is 29.2 Å². The van der Waals surface area contributed by atoms with Gasteiger partial charge >= 0.3 is 0 Å². The normalized spacial score (nSPS) is 13.9. The van der Waals surface area contributed by atoms with Crippen LogP contribution in [-0.4, -0.2) is 20.7 Å². The highest BCUT2D eigenvalue weighted by atomic mass is 32.1. The molecule has 0 atom stereocenters. The van der Waals surface area contributed by atoms with E-state index in [9.17, 15) is 9.18 Å². The van der Waals surface area contributed by atoms with Crippen LogP contribution >= 0.6 is 11.3 Å². The van der Waals surface area contributed by atoms with E-state index in [-0.39, 0.29) is 11.7 Å². The van der Waals surface area contributed by atoms with Gasteiger partial charge in [0.15, 0.2) is 5.13 Å². The SMILES string of the molecule is CCC(C(=O)Nc1nccs1)=C1c2ccccc2COc2cc3c(cnn3-c3ccc(F)cc3)cc21. The zero-order valence-electron chi connectivity index (χ0n) is 19.4. The van der Waals surface area contributed by atoms with Crippen molar-refractivity contribution in [3.05, 3.63) is 107 Å². The third-order valence-electron chi connectivity index (χ3n) is 6.26. The lowest BCUT2D eigenvalue weighted by atomic mass is 9.88. The van der Waals surface area contributed by atoms with E-state index in [0.29, 0.717) is 29.5 Å². The van der Waals surface area contributed by atoms with Crippen LogP contribution in [0.15, 0.2) is 84.0 Å². The summed E-state index contributed by atoms with van der Waals surface area (Å²) in [4.78, 5) is 17.7. The highest BCUT2D eigenvalue weighted by molar-refractivity contribution is 7.13. The largest absolute Gasteiger partial charge is 0.488 e. The number of hydrogen-bond acceptors (Lipinski definition) is 5. The summed E-state index contributed by atoms with van der Waals surface area (Å²) in [7, 11) is 0. The zero-order chi connectivity index (χ0) is 24.6. The van der Waals surface area contributed by atoms with Crippen molar-refractivity contribution in [2.75, 3.05) is 5.32 Å². The van der Waals surface area contributed by atoms with E-state index in [2.05, 4.69) is 15.4 Å². The Morgan fingerprint density at radius 3 is 2.75 bits per heavy atom. The summed E-state index contributed by atoms with van der Waals surface area (Å²) < 4.78 is 21.5. The fraction of sp³-hybridized carbons (Fsp3) is 0.107. The van der Waals surface area contributed by atoms with Crippen LogP contribution in [0.4, 0.5) is 9.52 Å². The maximum Gasteiger partial charge on any atom is 0.254 e. The fourth-order valence-electron chi connectivity index (χ4n) is 4.58. The minimum atomic E-state index is -0.303. The van der Waals surface area contributed by atoms with Gasteiger partial charge in [-0.15, -0.1) is 11.3 Å². The molecule has 0 unspecified atom stereocenters. The monoisotopic (exact) mass is 496 g/mol. The first-order valence-electron chi connectivity index (χ1n) is 11.6. The number of aromatic nitrogens is 3. The molecule has 8 heteroatoms. The molecule has 1 N–H and O–H groups in total. The number of hydrogen-bond donors (Lipinski definition) is 1. The van der Waals surface area contributed by atoms with E-state index in [1.807, 2.05) is 48.7 Å². The first kappa shape index (κ1) is 22.2. The van der Waals surface area contributed by atoms with Crippen LogP contribution in [0.25, 0.3) is 22.2 Å². The summed E-state index contributed by atoms with van der Waals surface area (Å²) in [6.07, 6.45) is 3.96. The van der Waals surface area contributed by atoms with Crippen LogP contribution in [-0.2, 0) is 11.4 Å². The second-order valence-corrected chi connectivity index (χ2v) is 9.28. The predicted molar refractivity (Wildman–Crippen MR) is 139 cm³/mol. The van der Waals surface area contributed by atoms with Crippen molar-refractivity contribution >= 4 is 38.9 Å². The molecule has 0 saturated carbocycles. The molecule has 1 aliphatic rings. The van der Waals surface area contributed by atoms with Crippen molar-refractivity contribution < 1.29 is 13.9 Å². The summed E-state index contributed by atoms with van der Waals surface area (Å²) in [6.45, 7) is 2.34. The first-order chi connectivity index (χ1) is 17.6. The summed E-state index contributed by atoms with van der Waals surface area (Å²) in [5.74, 6) is 0.167. The lowest BCUT2D eigenvalue weighted by molar-refractivity contribution is -0.112. The van der Waals surface area contributed by atoms with Crippen LogP contribution in [0.2, 0.25) is 0 Å². The number of anilines is 1. The molecule has 3 aromatic carbocycles. The Morgan fingerprint density at radius 1 is 1.14 bits per heavy atom. The topological polar surface area (TPSA) is 69.0 Å². The lowest BCUT2D eigenvalue weighted by Gasteiger charge is -2.16. The molecule has 36 heavy (non-hydrogen) atoms. The van der Waals surface area contributed by atoms with Gasteiger partial charge in [-0.25, -0.2) is 14.1 Å². The molecule has 3 heterocycles. The average Bonchev–Trinajstić information content (AvgIpc) is 3.52. The highest BCUT2D eigenvalue weighted by Gasteiger charge is 2.26. The van der Waals surface area contributed by atoms with Crippen molar-refractivity contribution in [3.63, 3.8) is 0 Å². The minimum absolute atomic E-state index is 0.188. The van der Waals surface area contributed by atoms with Crippen molar-refractivity contribution in [2.24, 2.45) is 0 Å². The molecular formula is C28H21FN4O2S. The number of nitrogens with one attached hydrogen (secondary N) is 1. The summed E-state index contributed by atoms with van der Waals surface area (Å²) in [5.41, 5.74) is 5.86. The van der Waals surface area contributed by atoms with Gasteiger partial charge in [0.05, 0.1) is 17.4 Å². The number of carbonyl (C=O) groups is 1. The van der Waals surface area contributed by atoms with Crippen molar-refractivity contribution in [1.29, 1.82) is 0 Å². The second-order valence-electron chi connectivity index (χ2n) is 8.38. The van der Waals surface area contributed by atoms with Crippen molar-refractivity contribution in [3.8, 4) is 11.4 Å². The van der Waals surface area contributed by atoms with Gasteiger partial charge in [-0.2, -0.15) is 5.10 Å². The quantitative estimate of drug-likeness (QED) is 0.294. The molecular weight excluding hydrogens is 475 g/mol. The fourth-order valence-corrected chi connectivity index (χ4v) is 5.11. The number of amides is 1. The molecule has 1 aliphatic heterocycles. The first-order valence-corrected chi connectivity index (χ1v) is 12.4. The number of thiazole rings is 1. The Balaban J connectivity index is 1.56. The molecule has 178 valence electrons. The van der Waals surface area contributed by atoms with Crippen molar-refractivity contribution in [1.82, 2.24) is 14.8 Å². The summed E-state index contributed by atoms with van der Waals surface area (Å²) in [6, 6.07) is 18.2. The number of rotatable bonds is 4. The van der Waals surface area contributed by atoms with Crippen molar-refractivity contribution in [2.45, 2.75) is 20.0 Å². The van der Waals surface area contributed by atoms with E-state index < -0.39 is 0 Å². The third kappa shape index (κ3) is 3.85. The molecule has 1 amide bonds. The number of carbonyl (C=O) groups excluding carboxylic acids is 1. The number of ether oxygens (including phenoxy) is 1. The van der Waals surface area contributed by atoms with Crippen LogP contribution in [0.3, 0.4) is 0 Å². The number of nitrogens with zero attached hydrogens (tertiary/aromatic N) is 3. The Labute approximate surface area is 210 Å². The highest BCUT2D eigenvalue weighted by Crippen LogP contribution is 2.42. The van der Waals surface area contributed by atoms with Gasteiger partial charge in [0.1, 0.15) is 18.2 Å². The van der Waals surface area contributed by atoms with Gasteiger partial charge in [0.2, 0.25) is 0 Å². The molecule has 6 rings (SSSR count). The number of halogens is 1. The Bertz CT molecular complexity index is 1620. The van der Waals surface area contributed by atoms with E-state index >= 15 is 0 Å². The molecule has 0 spiro atoms. The molecule has 6 nitrogen and oxygen atoms in total. The van der Waals surface area contributed by atoms with E-state index in [4.69, 9.17) is 4.74 Å². The van der Waals surface area contributed by atoms with Gasteiger partial charge in [-0.3, -0.25) is 10.1 Å². The molecule has 0 radical (unpaired) electrons. The number of benzene rings is 3. The van der Waals surface area contributed by atoms with Gasteiger partial charge < -0.3 is 4.74 Å². The molecule has 0 fully saturated rings. The van der Waals surface area contributed by atoms with E-state index in [1.165, 1.54) is 23.5 Å². The van der Waals surface area contributed by atoms with E-state index in [0.717, 1.165) is 38.9 Å². The van der Waals surface area contributed by atoms with Gasteiger partial charge in [-0.1, -0.05) is 31.2 Å². The van der Waals surface area contributed by atoms with Crippen LogP contribution in [0.1, 0.15) is 30.0 Å². The Kier molecular flexibility index (Phi) is 5.58. The maximum absolute atomic E-state index is 13.5. The predicted octanol–water partition coefficient (Wildman–Crippen LogP) is 6.36. The maximum atomic E-state index is 13.5. The van der Waals surface area contributed by atoms with Gasteiger partial charge in [0.25, 0.3) is 5.91 Å². The van der Waals surface area contributed by atoms with Crippen LogP contribution < -0.4 is 10.1 Å². The minimum Gasteiger partial charge on any atom is -0.488 e. The molecule has 5 aromatic rings. The smallest absolute Gasteiger partial charge is 0.254 e. The Hall–Kier alpha value is -4.30. The van der Waals surface area contributed by atoms with Crippen LogP contribution in [0, 0.1) is 5.82 Å². The number of fused-ring (bicyclic) bond motifs is 3. The molecule has 0 saturated heterocycles. The lowest BCUT2D eigenvalue weighted by Crippen LogP contribution is -2.16. The van der Waals surface area contributed by atoms with Crippen LogP contribution in [0.5, 0.6) is 5.75 Å². The average molecular weight is 497 g/mol. The Morgan fingerprint density at radius 2 is 1.97 bits per heavy atom. The van der Waals surface area contributed by atoms with Gasteiger partial charge in [-0.05, 0) is 47.9 Å². The third-order valence-corrected chi connectivity index (χ3v) is 6.95. The summed E-state index contributed by atoms with van der Waals surface area (Å²) in [5, 5.41) is 10.8. The molecule has 0 aliphatic carbocycles. The zero-order valence-corrected chi connectivity index (χ0v) is 20.2. The second kappa shape index (κ2) is 9.05. The summed E-state index contributed by atoms with van der Waals surface area (Å²) >= 11 is 1.38.